The Bertz CT molecular complexity index is 659. The molecule has 1 aliphatic heterocycles. The molecule has 0 aromatic carbocycles. The monoisotopic (exact) mass is 320 g/mol. The van der Waals surface area contributed by atoms with Gasteiger partial charge in [-0.25, -0.2) is 4.98 Å². The molecule has 118 valence electrons. The molecule has 7 heteroatoms. The third kappa shape index (κ3) is 2.64. The molecule has 3 N–H and O–H groups in total. The number of nitrogens with zero attached hydrogens (tertiary/aromatic N) is 2. The summed E-state index contributed by atoms with van der Waals surface area (Å²) in [5.41, 5.74) is 5.94. The van der Waals surface area contributed by atoms with Gasteiger partial charge in [0.15, 0.2) is 0 Å². The van der Waals surface area contributed by atoms with Crippen LogP contribution in [0.25, 0.3) is 10.2 Å². The van der Waals surface area contributed by atoms with Crippen LogP contribution in [0.2, 0.25) is 0 Å². The van der Waals surface area contributed by atoms with Gasteiger partial charge in [-0.15, -0.1) is 11.3 Å². The third-order valence-corrected chi connectivity index (χ3v) is 5.39. The molecule has 4 rings (SSSR count). The predicted octanol–water partition coefficient (Wildman–Crippen LogP) is 2.41. The van der Waals surface area contributed by atoms with Gasteiger partial charge in [-0.1, -0.05) is 0 Å². The number of rotatable bonds is 2. The van der Waals surface area contributed by atoms with Crippen molar-refractivity contribution in [2.75, 3.05) is 30.9 Å². The molecule has 1 spiro atoms. The smallest absolute Gasteiger partial charge is 0.226 e. The zero-order chi connectivity index (χ0) is 15.0. The molecule has 0 unspecified atom stereocenters. The van der Waals surface area contributed by atoms with Crippen LogP contribution in [0.5, 0.6) is 0 Å². The number of nitrogen functional groups attached to an aromatic ring is 1. The van der Waals surface area contributed by atoms with Crippen LogP contribution in [0.1, 0.15) is 25.7 Å². The highest BCUT2D eigenvalue weighted by Gasteiger charge is 2.38. The Balaban J connectivity index is 1.43. The summed E-state index contributed by atoms with van der Waals surface area (Å²) in [7, 11) is 0. The molecule has 2 aliphatic rings. The zero-order valence-electron chi connectivity index (χ0n) is 12.4. The molecule has 22 heavy (non-hydrogen) atoms. The number of thiophene rings is 1. The second-order valence-electron chi connectivity index (χ2n) is 6.07. The maximum absolute atomic E-state index is 6.00. The van der Waals surface area contributed by atoms with Gasteiger partial charge in [-0.05, 0) is 37.1 Å². The fourth-order valence-corrected chi connectivity index (χ4v) is 4.09. The van der Waals surface area contributed by atoms with E-state index in [1.165, 1.54) is 0 Å². The van der Waals surface area contributed by atoms with Crippen molar-refractivity contribution in [2.24, 2.45) is 0 Å². The maximum atomic E-state index is 6.00. The highest BCUT2D eigenvalue weighted by Crippen LogP contribution is 2.35. The van der Waals surface area contributed by atoms with Crippen molar-refractivity contribution in [3.63, 3.8) is 0 Å². The topological polar surface area (TPSA) is 82.3 Å². The van der Waals surface area contributed by atoms with E-state index < -0.39 is 0 Å². The molecule has 6 nitrogen and oxygen atoms in total. The average molecular weight is 320 g/mol. The van der Waals surface area contributed by atoms with Gasteiger partial charge in [0.05, 0.1) is 30.8 Å². The fourth-order valence-electron chi connectivity index (χ4n) is 3.32. The molecule has 0 amide bonds. The summed E-state index contributed by atoms with van der Waals surface area (Å²) < 4.78 is 11.6. The lowest BCUT2D eigenvalue weighted by atomic mass is 9.82. The van der Waals surface area contributed by atoms with Crippen molar-refractivity contribution in [2.45, 2.75) is 37.3 Å². The SMILES string of the molecule is Nc1nc(NC2CCC3(CC2)COCCO3)nc2sccc12. The molecule has 2 aromatic heterocycles. The van der Waals surface area contributed by atoms with Crippen LogP contribution < -0.4 is 11.1 Å². The Kier molecular flexibility index (Phi) is 3.63. The molecule has 0 bridgehead atoms. The first kappa shape index (κ1) is 14.2. The number of fused-ring (bicyclic) bond motifs is 1. The van der Waals surface area contributed by atoms with Crippen molar-refractivity contribution >= 4 is 33.3 Å². The zero-order valence-corrected chi connectivity index (χ0v) is 13.2. The van der Waals surface area contributed by atoms with Crippen molar-refractivity contribution in [3.8, 4) is 0 Å². The third-order valence-electron chi connectivity index (χ3n) is 4.59. The Morgan fingerprint density at radius 3 is 2.91 bits per heavy atom. The number of nitrogens with two attached hydrogens (primary N) is 1. The molecule has 1 aliphatic carbocycles. The first-order valence-corrected chi connectivity index (χ1v) is 8.61. The van der Waals surface area contributed by atoms with E-state index in [9.17, 15) is 0 Å². The second-order valence-corrected chi connectivity index (χ2v) is 6.97. The highest BCUT2D eigenvalue weighted by atomic mass is 32.1. The number of aromatic nitrogens is 2. The fraction of sp³-hybridized carbons (Fsp3) is 0.600. The van der Waals surface area contributed by atoms with E-state index in [1.807, 2.05) is 11.4 Å². The first-order valence-electron chi connectivity index (χ1n) is 7.73. The maximum Gasteiger partial charge on any atom is 0.226 e. The van der Waals surface area contributed by atoms with Crippen molar-refractivity contribution < 1.29 is 9.47 Å². The van der Waals surface area contributed by atoms with Gasteiger partial charge in [0.25, 0.3) is 0 Å². The summed E-state index contributed by atoms with van der Waals surface area (Å²) >= 11 is 1.59. The lowest BCUT2D eigenvalue weighted by molar-refractivity contribution is -0.171. The normalized spacial score (nSPS) is 29.0. The Morgan fingerprint density at radius 1 is 1.27 bits per heavy atom. The quantitative estimate of drug-likeness (QED) is 0.884. The minimum absolute atomic E-state index is 0.0615. The van der Waals surface area contributed by atoms with Gasteiger partial charge in [0, 0.05) is 6.04 Å². The second kappa shape index (κ2) is 5.64. The van der Waals surface area contributed by atoms with E-state index in [2.05, 4.69) is 15.3 Å². The average Bonchev–Trinajstić information content (AvgIpc) is 3.00. The van der Waals surface area contributed by atoms with Crippen molar-refractivity contribution in [1.29, 1.82) is 0 Å². The first-order chi connectivity index (χ1) is 10.7. The van der Waals surface area contributed by atoms with E-state index in [0.29, 0.717) is 24.4 Å². The minimum Gasteiger partial charge on any atom is -0.383 e. The van der Waals surface area contributed by atoms with E-state index in [0.717, 1.165) is 49.1 Å². The Morgan fingerprint density at radius 2 is 2.14 bits per heavy atom. The van der Waals surface area contributed by atoms with E-state index in [1.54, 1.807) is 11.3 Å². The highest BCUT2D eigenvalue weighted by molar-refractivity contribution is 7.16. The number of hydrogen-bond donors (Lipinski definition) is 2. The van der Waals surface area contributed by atoms with Crippen LogP contribution >= 0.6 is 11.3 Å². The number of ether oxygens (including phenoxy) is 2. The number of anilines is 2. The van der Waals surface area contributed by atoms with Gasteiger partial charge < -0.3 is 20.5 Å². The Hall–Kier alpha value is -1.44. The summed E-state index contributed by atoms with van der Waals surface area (Å²) in [5, 5.41) is 6.36. The lowest BCUT2D eigenvalue weighted by Gasteiger charge is -2.42. The van der Waals surface area contributed by atoms with E-state index >= 15 is 0 Å². The van der Waals surface area contributed by atoms with E-state index in [-0.39, 0.29) is 5.60 Å². The van der Waals surface area contributed by atoms with Crippen LogP contribution in [0.3, 0.4) is 0 Å². The van der Waals surface area contributed by atoms with Crippen LogP contribution in [-0.4, -0.2) is 41.4 Å². The van der Waals surface area contributed by atoms with Crippen molar-refractivity contribution in [3.05, 3.63) is 11.4 Å². The van der Waals surface area contributed by atoms with Gasteiger partial charge in [0.2, 0.25) is 5.95 Å². The van der Waals surface area contributed by atoms with Gasteiger partial charge in [-0.3, -0.25) is 0 Å². The standard InChI is InChI=1S/C15H20N4O2S/c16-12-11-3-8-22-13(11)19-14(18-12)17-10-1-4-15(5-2-10)9-20-6-7-21-15/h3,8,10H,1-2,4-7,9H2,(H3,16,17,18,19). The summed E-state index contributed by atoms with van der Waals surface area (Å²) in [6.45, 7) is 2.16. The molecule has 0 radical (unpaired) electrons. The van der Waals surface area contributed by atoms with Crippen molar-refractivity contribution in [1.82, 2.24) is 9.97 Å². The summed E-state index contributed by atoms with van der Waals surface area (Å²) in [6, 6.07) is 2.33. The lowest BCUT2D eigenvalue weighted by Crippen LogP contribution is -2.47. The summed E-state index contributed by atoms with van der Waals surface area (Å²) in [4.78, 5) is 9.87. The molecular weight excluding hydrogens is 300 g/mol. The number of nitrogens with one attached hydrogen (secondary N) is 1. The molecule has 1 saturated heterocycles. The van der Waals surface area contributed by atoms with Gasteiger partial charge >= 0.3 is 0 Å². The van der Waals surface area contributed by atoms with Crippen LogP contribution in [-0.2, 0) is 9.47 Å². The Labute approximate surface area is 133 Å². The number of hydrogen-bond acceptors (Lipinski definition) is 7. The van der Waals surface area contributed by atoms with E-state index in [4.69, 9.17) is 15.2 Å². The van der Waals surface area contributed by atoms with Crippen LogP contribution in [0.4, 0.5) is 11.8 Å². The molecule has 3 heterocycles. The van der Waals surface area contributed by atoms with Crippen LogP contribution in [0.15, 0.2) is 11.4 Å². The largest absolute Gasteiger partial charge is 0.383 e. The summed E-state index contributed by atoms with van der Waals surface area (Å²) in [5.74, 6) is 1.18. The van der Waals surface area contributed by atoms with Gasteiger partial charge in [-0.2, -0.15) is 4.98 Å². The molecule has 1 saturated carbocycles. The van der Waals surface area contributed by atoms with Gasteiger partial charge in [0.1, 0.15) is 10.6 Å². The molecule has 2 aromatic rings. The molecule has 0 atom stereocenters. The van der Waals surface area contributed by atoms with Crippen LogP contribution in [0, 0.1) is 0 Å². The molecular formula is C15H20N4O2S. The predicted molar refractivity (Wildman–Crippen MR) is 87.2 cm³/mol. The molecule has 2 fully saturated rings. The minimum atomic E-state index is -0.0615. The summed E-state index contributed by atoms with van der Waals surface area (Å²) in [6.07, 6.45) is 4.10.